The Labute approximate surface area is 263 Å². The van der Waals surface area contributed by atoms with Gasteiger partial charge in [-0.25, -0.2) is 0 Å². The lowest BCUT2D eigenvalue weighted by Gasteiger charge is -2.13. The molecule has 0 atom stereocenters. The average molecular weight is 806 g/mol. The van der Waals surface area contributed by atoms with Crippen molar-refractivity contribution < 1.29 is 28.7 Å². The minimum absolute atomic E-state index is 0.192. The van der Waals surface area contributed by atoms with Crippen LogP contribution in [0.15, 0.2) is 66.4 Å². The molecule has 14 heteroatoms. The van der Waals surface area contributed by atoms with Crippen LogP contribution in [0.1, 0.15) is 31.8 Å². The van der Waals surface area contributed by atoms with E-state index in [1.165, 1.54) is 24.3 Å². The molecule has 0 radical (unpaired) electrons. The SMILES string of the molecule is Cc1cc(Br)cc(Br)c1OCC(=O)NNC(=O)c1ccc(C(=O)NNC(=O)COc2c(C)cc(Br)cc2Br)cc1. The fourth-order valence-electron chi connectivity index (χ4n) is 3.26. The van der Waals surface area contributed by atoms with Gasteiger partial charge in [0, 0.05) is 20.1 Å². The van der Waals surface area contributed by atoms with Gasteiger partial charge < -0.3 is 9.47 Å². The number of aryl methyl sites for hydroxylation is 2. The van der Waals surface area contributed by atoms with Gasteiger partial charge in [-0.15, -0.1) is 0 Å². The molecule has 0 saturated carbocycles. The lowest BCUT2D eigenvalue weighted by molar-refractivity contribution is -0.124. The number of benzene rings is 3. The molecule has 0 aliphatic carbocycles. The first-order valence-electron chi connectivity index (χ1n) is 11.4. The summed E-state index contributed by atoms with van der Waals surface area (Å²) >= 11 is 13.5. The molecule has 0 aliphatic heterocycles. The van der Waals surface area contributed by atoms with E-state index in [9.17, 15) is 19.2 Å². The first-order valence-corrected chi connectivity index (χ1v) is 14.6. The van der Waals surface area contributed by atoms with Gasteiger partial charge in [0.15, 0.2) is 13.2 Å². The van der Waals surface area contributed by atoms with Crippen molar-refractivity contribution in [2.24, 2.45) is 0 Å². The van der Waals surface area contributed by atoms with E-state index in [0.29, 0.717) is 20.4 Å². The van der Waals surface area contributed by atoms with Gasteiger partial charge in [0.2, 0.25) is 0 Å². The molecule has 0 aromatic heterocycles. The molecular formula is C26H22Br4N4O6. The molecule has 3 rings (SSSR count). The Balaban J connectivity index is 1.42. The molecule has 0 unspecified atom stereocenters. The molecular weight excluding hydrogens is 784 g/mol. The number of hydrazine groups is 2. The van der Waals surface area contributed by atoms with Crippen molar-refractivity contribution in [3.63, 3.8) is 0 Å². The van der Waals surface area contributed by atoms with E-state index in [1.807, 2.05) is 26.0 Å². The number of carbonyl (C=O) groups is 4. The van der Waals surface area contributed by atoms with E-state index in [4.69, 9.17) is 9.47 Å². The Bertz CT molecular complexity index is 1300. The van der Waals surface area contributed by atoms with Gasteiger partial charge in [0.25, 0.3) is 23.6 Å². The molecule has 0 heterocycles. The van der Waals surface area contributed by atoms with Crippen molar-refractivity contribution in [1.29, 1.82) is 0 Å². The van der Waals surface area contributed by atoms with Gasteiger partial charge in [0.1, 0.15) is 11.5 Å². The van der Waals surface area contributed by atoms with Gasteiger partial charge in [-0.3, -0.25) is 40.9 Å². The van der Waals surface area contributed by atoms with Crippen LogP contribution in [0, 0.1) is 13.8 Å². The topological polar surface area (TPSA) is 135 Å². The molecule has 0 fully saturated rings. The highest BCUT2D eigenvalue weighted by atomic mass is 79.9. The number of hydrogen-bond acceptors (Lipinski definition) is 6. The van der Waals surface area contributed by atoms with Gasteiger partial charge >= 0.3 is 0 Å². The van der Waals surface area contributed by atoms with Gasteiger partial charge in [0.05, 0.1) is 8.95 Å². The van der Waals surface area contributed by atoms with Gasteiger partial charge in [-0.2, -0.15) is 0 Å². The molecule has 0 spiro atoms. The molecule has 0 aliphatic rings. The zero-order valence-electron chi connectivity index (χ0n) is 21.0. The van der Waals surface area contributed by atoms with E-state index in [2.05, 4.69) is 85.4 Å². The number of carbonyl (C=O) groups excluding carboxylic acids is 4. The van der Waals surface area contributed by atoms with E-state index >= 15 is 0 Å². The number of halogens is 4. The summed E-state index contributed by atoms with van der Waals surface area (Å²) in [6, 6.07) is 12.9. The molecule has 0 saturated heterocycles. The molecule has 10 nitrogen and oxygen atoms in total. The van der Waals surface area contributed by atoms with Crippen LogP contribution in [0.2, 0.25) is 0 Å². The first kappa shape index (κ1) is 31.6. The maximum Gasteiger partial charge on any atom is 0.276 e. The minimum Gasteiger partial charge on any atom is -0.482 e. The Morgan fingerprint density at radius 3 is 1.27 bits per heavy atom. The van der Waals surface area contributed by atoms with Crippen LogP contribution in [0.25, 0.3) is 0 Å². The van der Waals surface area contributed by atoms with Gasteiger partial charge in [-0.1, -0.05) is 31.9 Å². The lowest BCUT2D eigenvalue weighted by atomic mass is 10.1. The first-order chi connectivity index (χ1) is 18.9. The molecule has 3 aromatic carbocycles. The number of rotatable bonds is 8. The standard InChI is InChI=1S/C26H22Br4N4O6/c1-13-7-17(27)9-19(29)23(13)39-11-21(35)31-33-25(37)15-3-5-16(6-4-15)26(38)34-32-22(36)12-40-24-14(2)8-18(28)10-20(24)30/h3-10H,11-12H2,1-2H3,(H,31,35)(H,32,36)(H,33,37)(H,34,38). The second-order valence-electron chi connectivity index (χ2n) is 8.23. The number of hydrogen-bond donors (Lipinski definition) is 4. The fraction of sp³-hybridized carbons (Fsp3) is 0.154. The van der Waals surface area contributed by atoms with Crippen molar-refractivity contribution in [1.82, 2.24) is 21.7 Å². The summed E-state index contributed by atoms with van der Waals surface area (Å²) < 4.78 is 14.2. The largest absolute Gasteiger partial charge is 0.482 e. The van der Waals surface area contributed by atoms with Crippen LogP contribution in [-0.2, 0) is 9.59 Å². The average Bonchev–Trinajstić information content (AvgIpc) is 2.89. The Hall–Kier alpha value is -2.94. The third-order valence-corrected chi connectivity index (χ3v) is 7.22. The molecule has 210 valence electrons. The quantitative estimate of drug-likeness (QED) is 0.236. The number of ether oxygens (including phenoxy) is 2. The Morgan fingerprint density at radius 1 is 0.600 bits per heavy atom. The van der Waals surface area contributed by atoms with Crippen LogP contribution >= 0.6 is 63.7 Å². The molecule has 3 aromatic rings. The van der Waals surface area contributed by atoms with E-state index in [-0.39, 0.29) is 24.3 Å². The Morgan fingerprint density at radius 2 is 0.950 bits per heavy atom. The smallest absolute Gasteiger partial charge is 0.276 e. The van der Waals surface area contributed by atoms with Crippen molar-refractivity contribution in [3.05, 3.63) is 88.7 Å². The van der Waals surface area contributed by atoms with E-state index in [1.54, 1.807) is 12.1 Å². The monoisotopic (exact) mass is 802 g/mol. The third kappa shape index (κ3) is 9.04. The zero-order valence-corrected chi connectivity index (χ0v) is 27.3. The molecule has 0 bridgehead atoms. The highest BCUT2D eigenvalue weighted by Crippen LogP contribution is 2.33. The molecule has 4 N–H and O–H groups in total. The van der Waals surface area contributed by atoms with Crippen LogP contribution in [0.4, 0.5) is 0 Å². The maximum atomic E-state index is 12.4. The summed E-state index contributed by atoms with van der Waals surface area (Å²) in [5, 5.41) is 0. The summed E-state index contributed by atoms with van der Waals surface area (Å²) in [6.07, 6.45) is 0. The summed E-state index contributed by atoms with van der Waals surface area (Å²) in [7, 11) is 0. The number of nitrogens with one attached hydrogen (secondary N) is 4. The second-order valence-corrected chi connectivity index (χ2v) is 11.8. The van der Waals surface area contributed by atoms with Gasteiger partial charge in [-0.05, 0) is 105 Å². The van der Waals surface area contributed by atoms with Crippen molar-refractivity contribution in [2.45, 2.75) is 13.8 Å². The summed E-state index contributed by atoms with van der Waals surface area (Å²) in [4.78, 5) is 48.9. The van der Waals surface area contributed by atoms with Crippen LogP contribution in [0.3, 0.4) is 0 Å². The van der Waals surface area contributed by atoms with Crippen molar-refractivity contribution in [2.75, 3.05) is 13.2 Å². The predicted molar refractivity (Wildman–Crippen MR) is 162 cm³/mol. The van der Waals surface area contributed by atoms with Crippen LogP contribution in [0.5, 0.6) is 11.5 Å². The van der Waals surface area contributed by atoms with Crippen molar-refractivity contribution >= 4 is 87.3 Å². The fourth-order valence-corrected chi connectivity index (χ4v) is 6.37. The molecule has 40 heavy (non-hydrogen) atoms. The summed E-state index contributed by atoms with van der Waals surface area (Å²) in [6.45, 7) is 3.03. The summed E-state index contributed by atoms with van der Waals surface area (Å²) in [5.41, 5.74) is 11.1. The highest BCUT2D eigenvalue weighted by molar-refractivity contribution is 9.11. The third-order valence-electron chi connectivity index (χ3n) is 5.12. The van der Waals surface area contributed by atoms with Crippen molar-refractivity contribution in [3.8, 4) is 11.5 Å². The highest BCUT2D eigenvalue weighted by Gasteiger charge is 2.14. The summed E-state index contributed by atoms with van der Waals surface area (Å²) in [5.74, 6) is -1.31. The predicted octanol–water partition coefficient (Wildman–Crippen LogP) is 5.03. The van der Waals surface area contributed by atoms with Crippen LogP contribution in [-0.4, -0.2) is 36.8 Å². The van der Waals surface area contributed by atoms with E-state index < -0.39 is 23.6 Å². The Kier molecular flexibility index (Phi) is 11.5. The molecule has 4 amide bonds. The normalized spacial score (nSPS) is 10.3. The maximum absolute atomic E-state index is 12.4. The lowest BCUT2D eigenvalue weighted by Crippen LogP contribution is -2.44. The minimum atomic E-state index is -0.596. The second kappa shape index (κ2) is 14.6. The van der Waals surface area contributed by atoms with E-state index in [0.717, 1.165) is 20.1 Å². The number of amides is 4. The zero-order chi connectivity index (χ0) is 29.4. The van der Waals surface area contributed by atoms with Crippen LogP contribution < -0.4 is 31.2 Å².